The van der Waals surface area contributed by atoms with Crippen LogP contribution in [0.4, 0.5) is 0 Å². The Balaban J connectivity index is 2.28. The van der Waals surface area contributed by atoms with Crippen LogP contribution in [0.25, 0.3) is 11.4 Å². The van der Waals surface area contributed by atoms with Crippen LogP contribution in [0.1, 0.15) is 31.6 Å². The lowest BCUT2D eigenvalue weighted by Gasteiger charge is -2.08. The molecule has 0 aliphatic rings. The fraction of sp³-hybridized carbons (Fsp3) is 0.467. The summed E-state index contributed by atoms with van der Waals surface area (Å²) < 4.78 is 15.9. The summed E-state index contributed by atoms with van der Waals surface area (Å²) in [6.45, 7) is 2.69. The van der Waals surface area contributed by atoms with E-state index >= 15 is 0 Å². The van der Waals surface area contributed by atoms with Gasteiger partial charge in [-0.3, -0.25) is 0 Å². The van der Waals surface area contributed by atoms with Gasteiger partial charge < -0.3 is 19.7 Å². The molecule has 2 rings (SSSR count). The molecule has 6 nitrogen and oxygen atoms in total. The van der Waals surface area contributed by atoms with E-state index in [-0.39, 0.29) is 5.92 Å². The van der Waals surface area contributed by atoms with Crippen LogP contribution >= 0.6 is 0 Å². The molecule has 0 saturated heterocycles. The summed E-state index contributed by atoms with van der Waals surface area (Å²) in [5, 5.41) is 4.05. The van der Waals surface area contributed by atoms with Gasteiger partial charge in [0.25, 0.3) is 0 Å². The first-order chi connectivity index (χ1) is 10.2. The molecule has 1 heterocycles. The number of nitrogens with zero attached hydrogens (tertiary/aromatic N) is 2. The molecule has 0 bridgehead atoms. The van der Waals surface area contributed by atoms with Crippen LogP contribution in [-0.2, 0) is 0 Å². The highest BCUT2D eigenvalue weighted by atomic mass is 16.5. The van der Waals surface area contributed by atoms with Crippen molar-refractivity contribution in [2.24, 2.45) is 5.73 Å². The first-order valence-corrected chi connectivity index (χ1v) is 6.99. The Morgan fingerprint density at radius 3 is 2.62 bits per heavy atom. The normalized spacial score (nSPS) is 12.2. The highest BCUT2D eigenvalue weighted by Gasteiger charge is 2.18. The summed E-state index contributed by atoms with van der Waals surface area (Å²) in [7, 11) is 3.19. The highest BCUT2D eigenvalue weighted by molar-refractivity contribution is 5.60. The van der Waals surface area contributed by atoms with Crippen molar-refractivity contribution in [3.63, 3.8) is 0 Å². The monoisotopic (exact) mass is 291 g/mol. The Kier molecular flexibility index (Phi) is 5.16. The number of nitrogens with two attached hydrogens (primary N) is 1. The second kappa shape index (κ2) is 7.08. The number of benzene rings is 1. The number of ether oxygens (including phenoxy) is 2. The molecule has 0 fully saturated rings. The van der Waals surface area contributed by atoms with Gasteiger partial charge in [-0.2, -0.15) is 4.98 Å². The first-order valence-electron chi connectivity index (χ1n) is 6.99. The maximum Gasteiger partial charge on any atom is 0.230 e. The summed E-state index contributed by atoms with van der Waals surface area (Å²) in [6, 6.07) is 5.53. The van der Waals surface area contributed by atoms with Crippen molar-refractivity contribution in [3.05, 3.63) is 24.1 Å². The standard InChI is InChI=1S/C15H21N3O3/c1-4-10(7-8-16)15-17-14(18-21-15)11-5-6-12(19-2)13(9-11)20-3/h5-6,9-10H,4,7-8,16H2,1-3H3. The van der Waals surface area contributed by atoms with E-state index in [9.17, 15) is 0 Å². The molecule has 0 aliphatic carbocycles. The van der Waals surface area contributed by atoms with Crippen molar-refractivity contribution in [2.45, 2.75) is 25.7 Å². The van der Waals surface area contributed by atoms with Gasteiger partial charge in [-0.25, -0.2) is 0 Å². The van der Waals surface area contributed by atoms with Gasteiger partial charge in [0.05, 0.1) is 14.2 Å². The molecule has 2 N–H and O–H groups in total. The lowest BCUT2D eigenvalue weighted by Crippen LogP contribution is -2.06. The molecule has 21 heavy (non-hydrogen) atoms. The maximum absolute atomic E-state index is 5.61. The number of rotatable bonds is 7. The minimum Gasteiger partial charge on any atom is -0.493 e. The molecular weight excluding hydrogens is 270 g/mol. The van der Waals surface area contributed by atoms with Crippen LogP contribution in [0, 0.1) is 0 Å². The molecule has 6 heteroatoms. The fourth-order valence-corrected chi connectivity index (χ4v) is 2.20. The molecule has 114 valence electrons. The zero-order valence-electron chi connectivity index (χ0n) is 12.6. The Bertz CT molecular complexity index is 583. The summed E-state index contributed by atoms with van der Waals surface area (Å²) >= 11 is 0. The first kappa shape index (κ1) is 15.3. The van der Waals surface area contributed by atoms with E-state index in [1.54, 1.807) is 14.2 Å². The van der Waals surface area contributed by atoms with Gasteiger partial charge in [-0.1, -0.05) is 12.1 Å². The summed E-state index contributed by atoms with van der Waals surface area (Å²) in [5.74, 6) is 2.68. The van der Waals surface area contributed by atoms with E-state index in [1.807, 2.05) is 18.2 Å². The van der Waals surface area contributed by atoms with Gasteiger partial charge in [0.15, 0.2) is 11.5 Å². The lowest BCUT2D eigenvalue weighted by atomic mass is 10.0. The van der Waals surface area contributed by atoms with Crippen molar-refractivity contribution in [1.29, 1.82) is 0 Å². The van der Waals surface area contributed by atoms with Crippen LogP contribution in [0.15, 0.2) is 22.7 Å². The summed E-state index contributed by atoms with van der Waals surface area (Å²) in [5.41, 5.74) is 6.43. The molecule has 0 spiro atoms. The quantitative estimate of drug-likeness (QED) is 0.844. The average Bonchev–Trinajstić information content (AvgIpc) is 3.01. The predicted octanol–water partition coefficient (Wildman–Crippen LogP) is 2.60. The van der Waals surface area contributed by atoms with Gasteiger partial charge in [-0.05, 0) is 37.6 Å². The van der Waals surface area contributed by atoms with Gasteiger partial charge >= 0.3 is 0 Å². The van der Waals surface area contributed by atoms with E-state index in [0.717, 1.165) is 18.4 Å². The zero-order valence-corrected chi connectivity index (χ0v) is 12.6. The van der Waals surface area contributed by atoms with Gasteiger partial charge in [0.2, 0.25) is 11.7 Å². The molecule has 1 aromatic heterocycles. The average molecular weight is 291 g/mol. The van der Waals surface area contributed by atoms with Crippen LogP contribution < -0.4 is 15.2 Å². The van der Waals surface area contributed by atoms with Gasteiger partial charge in [0.1, 0.15) is 0 Å². The third kappa shape index (κ3) is 3.33. The molecular formula is C15H21N3O3. The van der Waals surface area contributed by atoms with E-state index in [0.29, 0.717) is 29.8 Å². The molecule has 1 atom stereocenters. The number of hydrogen-bond acceptors (Lipinski definition) is 6. The Labute approximate surface area is 124 Å². The van der Waals surface area contributed by atoms with Crippen molar-refractivity contribution in [3.8, 4) is 22.9 Å². The molecule has 0 radical (unpaired) electrons. The van der Waals surface area contributed by atoms with Crippen molar-refractivity contribution in [1.82, 2.24) is 10.1 Å². The van der Waals surface area contributed by atoms with Crippen LogP contribution in [0.2, 0.25) is 0 Å². The number of methoxy groups -OCH3 is 2. The molecule has 1 aromatic carbocycles. The van der Waals surface area contributed by atoms with E-state index in [4.69, 9.17) is 19.7 Å². The third-order valence-corrected chi connectivity index (χ3v) is 3.44. The summed E-state index contributed by atoms with van der Waals surface area (Å²) in [4.78, 5) is 4.47. The second-order valence-electron chi connectivity index (χ2n) is 4.71. The van der Waals surface area contributed by atoms with E-state index in [2.05, 4.69) is 17.1 Å². The lowest BCUT2D eigenvalue weighted by molar-refractivity contribution is 0.344. The molecule has 1 unspecified atom stereocenters. The molecule has 2 aromatic rings. The SMILES string of the molecule is CCC(CCN)c1nc(-c2ccc(OC)c(OC)c2)no1. The van der Waals surface area contributed by atoms with E-state index < -0.39 is 0 Å². The highest BCUT2D eigenvalue weighted by Crippen LogP contribution is 2.32. The van der Waals surface area contributed by atoms with Crippen LogP contribution in [0.3, 0.4) is 0 Å². The van der Waals surface area contributed by atoms with Gasteiger partial charge in [-0.15, -0.1) is 0 Å². The predicted molar refractivity (Wildman–Crippen MR) is 79.5 cm³/mol. The van der Waals surface area contributed by atoms with Gasteiger partial charge in [0, 0.05) is 11.5 Å². The number of hydrogen-bond donors (Lipinski definition) is 1. The van der Waals surface area contributed by atoms with Crippen LogP contribution in [-0.4, -0.2) is 30.9 Å². The fourth-order valence-electron chi connectivity index (χ4n) is 2.20. The van der Waals surface area contributed by atoms with Crippen molar-refractivity contribution < 1.29 is 14.0 Å². The van der Waals surface area contributed by atoms with Crippen molar-refractivity contribution >= 4 is 0 Å². The maximum atomic E-state index is 5.61. The van der Waals surface area contributed by atoms with E-state index in [1.165, 1.54) is 0 Å². The van der Waals surface area contributed by atoms with Crippen molar-refractivity contribution in [2.75, 3.05) is 20.8 Å². The van der Waals surface area contributed by atoms with Crippen LogP contribution in [0.5, 0.6) is 11.5 Å². The second-order valence-corrected chi connectivity index (χ2v) is 4.71. The molecule has 0 aliphatic heterocycles. The minimum atomic E-state index is 0.205. The third-order valence-electron chi connectivity index (χ3n) is 3.44. The molecule has 0 saturated carbocycles. The topological polar surface area (TPSA) is 83.4 Å². The molecule has 0 amide bonds. The Hall–Kier alpha value is -2.08. The largest absolute Gasteiger partial charge is 0.493 e. The summed E-state index contributed by atoms with van der Waals surface area (Å²) in [6.07, 6.45) is 1.76. The Morgan fingerprint density at radius 2 is 2.00 bits per heavy atom. The minimum absolute atomic E-state index is 0.205. The zero-order chi connectivity index (χ0) is 15.2. The Morgan fingerprint density at radius 1 is 1.24 bits per heavy atom. The smallest absolute Gasteiger partial charge is 0.230 e. The number of aromatic nitrogens is 2.